The monoisotopic (exact) mass is 224 g/mol. The van der Waals surface area contributed by atoms with E-state index in [1.165, 1.54) is 13.3 Å². The molecule has 2 atom stereocenters. The molecule has 1 aliphatic rings. The number of aromatic nitrogens is 1. The van der Waals surface area contributed by atoms with Crippen molar-refractivity contribution in [1.82, 2.24) is 4.98 Å². The van der Waals surface area contributed by atoms with Gasteiger partial charge in [0.15, 0.2) is 0 Å². The highest BCUT2D eigenvalue weighted by Gasteiger charge is 2.57. The molecule has 1 aliphatic carbocycles. The smallest absolute Gasteiger partial charge is 0.233 e. The van der Waals surface area contributed by atoms with Crippen LogP contribution < -0.4 is 10.1 Å². The van der Waals surface area contributed by atoms with E-state index in [-0.39, 0.29) is 12.3 Å². The van der Waals surface area contributed by atoms with Crippen molar-refractivity contribution in [2.45, 2.75) is 19.5 Å². The second-order valence-electron chi connectivity index (χ2n) is 4.12. The molecule has 1 N–H and O–H groups in total. The Morgan fingerprint density at radius 2 is 2.44 bits per heavy atom. The first-order chi connectivity index (χ1) is 7.58. The van der Waals surface area contributed by atoms with E-state index in [1.54, 1.807) is 19.2 Å². The fraction of sp³-hybridized carbons (Fsp3) is 0.455. The van der Waals surface area contributed by atoms with Crippen molar-refractivity contribution in [3.8, 4) is 5.75 Å². The van der Waals surface area contributed by atoms with Gasteiger partial charge in [-0.3, -0.25) is 9.78 Å². The highest BCUT2D eigenvalue weighted by Crippen LogP contribution is 2.49. The number of halogens is 1. The predicted octanol–water partition coefficient (Wildman–Crippen LogP) is 1.78. The second-order valence-corrected chi connectivity index (χ2v) is 4.12. The molecular weight excluding hydrogens is 211 g/mol. The number of carbonyl (C=O) groups is 1. The van der Waals surface area contributed by atoms with Gasteiger partial charge in [0.2, 0.25) is 5.91 Å². The first-order valence-corrected chi connectivity index (χ1v) is 5.01. The summed E-state index contributed by atoms with van der Waals surface area (Å²) in [6.45, 7) is 1.61. The summed E-state index contributed by atoms with van der Waals surface area (Å²) >= 11 is 0. The molecule has 1 saturated carbocycles. The lowest BCUT2D eigenvalue weighted by molar-refractivity contribution is -0.121. The van der Waals surface area contributed by atoms with E-state index in [0.717, 1.165) is 0 Å². The number of ether oxygens (including phenoxy) is 1. The first kappa shape index (κ1) is 10.9. The van der Waals surface area contributed by atoms with Gasteiger partial charge in [-0.2, -0.15) is 0 Å². The molecule has 0 radical (unpaired) electrons. The second kappa shape index (κ2) is 3.73. The molecule has 1 amide bonds. The third kappa shape index (κ3) is 1.73. The maximum absolute atomic E-state index is 13.0. The topological polar surface area (TPSA) is 51.2 Å². The Kier molecular flexibility index (Phi) is 2.53. The van der Waals surface area contributed by atoms with Crippen LogP contribution >= 0.6 is 0 Å². The molecule has 1 aromatic rings. The van der Waals surface area contributed by atoms with Crippen LogP contribution in [0, 0.1) is 5.41 Å². The summed E-state index contributed by atoms with van der Waals surface area (Å²) in [7, 11) is 1.50. The minimum atomic E-state index is -1.05. The number of hydrogen-bond donors (Lipinski definition) is 1. The van der Waals surface area contributed by atoms with Crippen molar-refractivity contribution >= 4 is 11.6 Å². The average molecular weight is 224 g/mol. The molecule has 86 valence electrons. The zero-order valence-electron chi connectivity index (χ0n) is 9.16. The Balaban J connectivity index is 2.12. The van der Waals surface area contributed by atoms with Gasteiger partial charge in [0, 0.05) is 12.3 Å². The van der Waals surface area contributed by atoms with Gasteiger partial charge in [-0.15, -0.1) is 0 Å². The summed E-state index contributed by atoms with van der Waals surface area (Å²) < 4.78 is 18.0. The number of pyridine rings is 1. The number of carbonyl (C=O) groups excluding carboxylic acids is 1. The van der Waals surface area contributed by atoms with Crippen LogP contribution in [0.1, 0.15) is 13.3 Å². The van der Waals surface area contributed by atoms with Crippen molar-refractivity contribution in [2.75, 3.05) is 12.4 Å². The van der Waals surface area contributed by atoms with Crippen molar-refractivity contribution in [3.63, 3.8) is 0 Å². The molecule has 2 rings (SSSR count). The number of hydrogen-bond acceptors (Lipinski definition) is 3. The maximum atomic E-state index is 13.0. The van der Waals surface area contributed by atoms with E-state index in [4.69, 9.17) is 4.74 Å². The molecule has 0 aliphatic heterocycles. The highest BCUT2D eigenvalue weighted by molar-refractivity contribution is 5.98. The van der Waals surface area contributed by atoms with Crippen LogP contribution in [0.25, 0.3) is 0 Å². The Hall–Kier alpha value is -1.65. The predicted molar refractivity (Wildman–Crippen MR) is 57.0 cm³/mol. The van der Waals surface area contributed by atoms with Gasteiger partial charge in [-0.25, -0.2) is 4.39 Å². The van der Waals surface area contributed by atoms with Gasteiger partial charge in [0.25, 0.3) is 0 Å². The summed E-state index contributed by atoms with van der Waals surface area (Å²) in [5.41, 5.74) is -0.420. The van der Waals surface area contributed by atoms with Crippen LogP contribution in [0.2, 0.25) is 0 Å². The normalized spacial score (nSPS) is 27.3. The van der Waals surface area contributed by atoms with Gasteiger partial charge in [0.1, 0.15) is 17.6 Å². The van der Waals surface area contributed by atoms with Crippen LogP contribution in [-0.4, -0.2) is 24.2 Å². The summed E-state index contributed by atoms with van der Waals surface area (Å²) in [5.74, 6) is 0.189. The number of anilines is 1. The standard InChI is InChI=1S/C11H13FN2O2/c1-11(5-9(11)12)10(15)14-7-6-13-4-3-8(7)16-2/h3-4,6,9H,5H2,1-2H3,(H,14,15). The Morgan fingerprint density at radius 3 is 3.00 bits per heavy atom. The first-order valence-electron chi connectivity index (χ1n) is 5.01. The van der Waals surface area contributed by atoms with Crippen molar-refractivity contribution in [3.05, 3.63) is 18.5 Å². The Bertz CT molecular complexity index is 424. The molecule has 1 heterocycles. The van der Waals surface area contributed by atoms with Crippen LogP contribution in [-0.2, 0) is 4.79 Å². The van der Waals surface area contributed by atoms with E-state index in [0.29, 0.717) is 11.4 Å². The van der Waals surface area contributed by atoms with Gasteiger partial charge in [-0.1, -0.05) is 0 Å². The van der Waals surface area contributed by atoms with E-state index in [9.17, 15) is 9.18 Å². The summed E-state index contributed by atoms with van der Waals surface area (Å²) in [5, 5.41) is 2.63. The van der Waals surface area contributed by atoms with Gasteiger partial charge >= 0.3 is 0 Å². The Morgan fingerprint density at radius 1 is 1.75 bits per heavy atom. The van der Waals surface area contributed by atoms with Crippen molar-refractivity contribution in [2.24, 2.45) is 5.41 Å². The molecule has 4 nitrogen and oxygen atoms in total. The molecule has 0 aromatic carbocycles. The number of rotatable bonds is 3. The maximum Gasteiger partial charge on any atom is 0.233 e. The van der Waals surface area contributed by atoms with E-state index >= 15 is 0 Å². The summed E-state index contributed by atoms with van der Waals surface area (Å²) in [6.07, 6.45) is 2.28. The number of alkyl halides is 1. The lowest BCUT2D eigenvalue weighted by Gasteiger charge is -2.12. The zero-order chi connectivity index (χ0) is 11.8. The van der Waals surface area contributed by atoms with Crippen LogP contribution in [0.5, 0.6) is 5.75 Å². The van der Waals surface area contributed by atoms with Crippen LogP contribution in [0.15, 0.2) is 18.5 Å². The molecule has 1 aromatic heterocycles. The summed E-state index contributed by atoms with van der Waals surface area (Å²) in [4.78, 5) is 15.6. The Labute approximate surface area is 92.8 Å². The fourth-order valence-corrected chi connectivity index (χ4v) is 1.47. The quantitative estimate of drug-likeness (QED) is 0.851. The third-order valence-electron chi connectivity index (χ3n) is 2.90. The average Bonchev–Trinajstić information content (AvgIpc) is 2.89. The number of methoxy groups -OCH3 is 1. The van der Waals surface area contributed by atoms with Crippen LogP contribution in [0.3, 0.4) is 0 Å². The van der Waals surface area contributed by atoms with Gasteiger partial charge in [-0.05, 0) is 13.3 Å². The minimum Gasteiger partial charge on any atom is -0.494 e. The molecule has 0 bridgehead atoms. The lowest BCUT2D eigenvalue weighted by atomic mass is 10.1. The SMILES string of the molecule is COc1ccncc1NC(=O)C1(C)CC1F. The highest BCUT2D eigenvalue weighted by atomic mass is 19.1. The molecule has 1 fully saturated rings. The lowest BCUT2D eigenvalue weighted by Crippen LogP contribution is -2.24. The number of nitrogens with one attached hydrogen (secondary N) is 1. The zero-order valence-corrected chi connectivity index (χ0v) is 9.16. The van der Waals surface area contributed by atoms with Gasteiger partial charge < -0.3 is 10.1 Å². The van der Waals surface area contributed by atoms with E-state index in [1.807, 2.05) is 0 Å². The van der Waals surface area contributed by atoms with Crippen LogP contribution in [0.4, 0.5) is 10.1 Å². The molecule has 0 spiro atoms. The molecule has 5 heteroatoms. The van der Waals surface area contributed by atoms with Gasteiger partial charge in [0.05, 0.1) is 18.7 Å². The number of nitrogens with zero attached hydrogens (tertiary/aromatic N) is 1. The minimum absolute atomic E-state index is 0.279. The molecule has 0 saturated heterocycles. The van der Waals surface area contributed by atoms with E-state index < -0.39 is 11.6 Å². The molecule has 2 unspecified atom stereocenters. The molecule has 16 heavy (non-hydrogen) atoms. The third-order valence-corrected chi connectivity index (χ3v) is 2.90. The summed E-state index contributed by atoms with van der Waals surface area (Å²) in [6, 6.07) is 1.64. The largest absolute Gasteiger partial charge is 0.494 e. The molecular formula is C11H13FN2O2. The van der Waals surface area contributed by atoms with Crippen molar-refractivity contribution in [1.29, 1.82) is 0 Å². The van der Waals surface area contributed by atoms with E-state index in [2.05, 4.69) is 10.3 Å². The fourth-order valence-electron chi connectivity index (χ4n) is 1.47. The van der Waals surface area contributed by atoms with Crippen molar-refractivity contribution < 1.29 is 13.9 Å². The number of amides is 1.